The van der Waals surface area contributed by atoms with E-state index in [1.165, 1.54) is 22.3 Å². The van der Waals surface area contributed by atoms with Crippen molar-refractivity contribution < 1.29 is 37.1 Å². The molecule has 13 heteroatoms. The molecule has 1 aromatic carbocycles. The third-order valence-corrected chi connectivity index (χ3v) is 6.85. The van der Waals surface area contributed by atoms with Crippen molar-refractivity contribution in [2.45, 2.75) is 19.0 Å². The number of carbonyl (C=O) groups is 3. The number of aliphatic carboxylic acids is 1. The quantitative estimate of drug-likeness (QED) is 0.290. The highest BCUT2D eigenvalue weighted by atomic mass is 32.2. The number of carboxylic acid groups (broad SMARTS) is 1. The van der Waals surface area contributed by atoms with Gasteiger partial charge < -0.3 is 10.4 Å². The molecule has 0 radical (unpaired) electrons. The predicted molar refractivity (Wildman–Crippen MR) is 124 cm³/mol. The Kier molecular flexibility index (Phi) is 8.10. The Morgan fingerprint density at radius 3 is 2.59 bits per heavy atom. The van der Waals surface area contributed by atoms with Gasteiger partial charge in [0.05, 0.1) is 16.9 Å². The Bertz CT molecular complexity index is 1180. The molecule has 1 aliphatic rings. The highest BCUT2D eigenvalue weighted by Gasteiger charge is 2.34. The van der Waals surface area contributed by atoms with Crippen molar-refractivity contribution >= 4 is 63.5 Å². The number of alkyl halides is 3. The summed E-state index contributed by atoms with van der Waals surface area (Å²) in [6.45, 7) is -0.00189. The maximum Gasteiger partial charge on any atom is 0.419 e. The van der Waals surface area contributed by atoms with Crippen molar-refractivity contribution in [3.8, 4) is 11.1 Å². The zero-order valence-electron chi connectivity index (χ0n) is 17.1. The molecule has 0 aliphatic carbocycles. The van der Waals surface area contributed by atoms with E-state index in [1.54, 1.807) is 17.5 Å². The van der Waals surface area contributed by atoms with Gasteiger partial charge in [-0.3, -0.25) is 19.3 Å². The zero-order valence-corrected chi connectivity index (χ0v) is 19.6. The molecule has 34 heavy (non-hydrogen) atoms. The molecule has 2 aromatic rings. The molecular formula is C21H16F4N2O4S3. The van der Waals surface area contributed by atoms with Gasteiger partial charge in [0.15, 0.2) is 0 Å². The lowest BCUT2D eigenvalue weighted by molar-refractivity contribution is -0.140. The van der Waals surface area contributed by atoms with Crippen LogP contribution in [0.25, 0.3) is 17.2 Å². The summed E-state index contributed by atoms with van der Waals surface area (Å²) in [4.78, 5) is 37.1. The summed E-state index contributed by atoms with van der Waals surface area (Å²) in [5.41, 5.74) is -0.730. The van der Waals surface area contributed by atoms with Crippen molar-refractivity contribution in [1.82, 2.24) is 10.2 Å². The number of halogens is 4. The molecule has 1 fully saturated rings. The summed E-state index contributed by atoms with van der Waals surface area (Å²) in [7, 11) is 0. The Balaban J connectivity index is 1.67. The average Bonchev–Trinajstić information content (AvgIpc) is 3.30. The van der Waals surface area contributed by atoms with E-state index in [-0.39, 0.29) is 35.8 Å². The summed E-state index contributed by atoms with van der Waals surface area (Å²) in [5, 5.41) is 12.6. The third-order valence-electron chi connectivity index (χ3n) is 4.60. The Labute approximate surface area is 204 Å². The van der Waals surface area contributed by atoms with E-state index in [4.69, 9.17) is 17.3 Å². The molecular weight excluding hydrogens is 516 g/mol. The summed E-state index contributed by atoms with van der Waals surface area (Å²) >= 11 is 7.43. The minimum Gasteiger partial charge on any atom is -0.481 e. The summed E-state index contributed by atoms with van der Waals surface area (Å²) in [6, 6.07) is 4.33. The largest absolute Gasteiger partial charge is 0.481 e. The van der Waals surface area contributed by atoms with Gasteiger partial charge in [-0.05, 0) is 40.8 Å². The monoisotopic (exact) mass is 532 g/mol. The Morgan fingerprint density at radius 1 is 1.18 bits per heavy atom. The van der Waals surface area contributed by atoms with Crippen LogP contribution in [0, 0.1) is 5.82 Å². The van der Waals surface area contributed by atoms with Gasteiger partial charge in [0.1, 0.15) is 10.1 Å². The van der Waals surface area contributed by atoms with E-state index < -0.39 is 35.3 Å². The van der Waals surface area contributed by atoms with E-state index in [0.29, 0.717) is 15.3 Å². The lowest BCUT2D eigenvalue weighted by atomic mass is 10.0. The topological polar surface area (TPSA) is 86.7 Å². The lowest BCUT2D eigenvalue weighted by Crippen LogP contribution is -2.34. The maximum atomic E-state index is 13.5. The van der Waals surface area contributed by atoms with Crippen LogP contribution in [-0.4, -0.2) is 45.2 Å². The van der Waals surface area contributed by atoms with Gasteiger partial charge in [-0.15, -0.1) is 11.3 Å². The molecule has 2 heterocycles. The molecule has 3 rings (SSSR count). The standard InChI is InChI=1S/C21H16F4N2O4S3/c22-15-2-1-11(8-14(15)21(23,24)25)12-7-13(33-10-12)9-16-19(31)27(20(32)34-16)6-4-17(28)26-5-3-18(29)30/h1-2,7-10H,3-6H2,(H,26,28)(H,29,30). The Morgan fingerprint density at radius 2 is 1.91 bits per heavy atom. The van der Waals surface area contributed by atoms with Gasteiger partial charge in [0.25, 0.3) is 5.91 Å². The van der Waals surface area contributed by atoms with Crippen LogP contribution in [0.15, 0.2) is 34.6 Å². The first kappa shape index (κ1) is 25.8. The van der Waals surface area contributed by atoms with Crippen LogP contribution in [0.2, 0.25) is 0 Å². The summed E-state index contributed by atoms with van der Waals surface area (Å²) in [6.07, 6.45) is -3.54. The number of carboxylic acids is 1. The number of amides is 2. The van der Waals surface area contributed by atoms with Crippen LogP contribution < -0.4 is 5.32 Å². The molecule has 2 N–H and O–H groups in total. The van der Waals surface area contributed by atoms with Crippen LogP contribution >= 0.6 is 35.3 Å². The fraction of sp³-hybridized carbons (Fsp3) is 0.238. The van der Waals surface area contributed by atoms with Crippen molar-refractivity contribution in [2.75, 3.05) is 13.1 Å². The molecule has 180 valence electrons. The van der Waals surface area contributed by atoms with Crippen molar-refractivity contribution in [3.05, 3.63) is 50.8 Å². The first-order valence-corrected chi connectivity index (χ1v) is 11.8. The van der Waals surface area contributed by atoms with Crippen molar-refractivity contribution in [1.29, 1.82) is 0 Å². The summed E-state index contributed by atoms with van der Waals surface area (Å²) in [5.74, 6) is -3.23. The van der Waals surface area contributed by atoms with Crippen molar-refractivity contribution in [3.63, 3.8) is 0 Å². The number of carbonyl (C=O) groups excluding carboxylic acids is 2. The fourth-order valence-electron chi connectivity index (χ4n) is 2.93. The number of nitrogens with zero attached hydrogens (tertiary/aromatic N) is 1. The van der Waals surface area contributed by atoms with Crippen LogP contribution in [0.5, 0.6) is 0 Å². The predicted octanol–water partition coefficient (Wildman–Crippen LogP) is 4.76. The second kappa shape index (κ2) is 10.7. The van der Waals surface area contributed by atoms with E-state index >= 15 is 0 Å². The number of thiophene rings is 1. The van der Waals surface area contributed by atoms with E-state index in [0.717, 1.165) is 23.9 Å². The molecule has 0 bridgehead atoms. The number of benzene rings is 1. The molecule has 0 spiro atoms. The average molecular weight is 533 g/mol. The number of rotatable bonds is 8. The first-order valence-electron chi connectivity index (χ1n) is 9.65. The molecule has 1 aliphatic heterocycles. The van der Waals surface area contributed by atoms with Crippen molar-refractivity contribution in [2.24, 2.45) is 0 Å². The molecule has 0 atom stereocenters. The van der Waals surface area contributed by atoms with E-state index in [9.17, 15) is 31.9 Å². The van der Waals surface area contributed by atoms with Crippen LogP contribution in [-0.2, 0) is 20.6 Å². The lowest BCUT2D eigenvalue weighted by Gasteiger charge is -2.13. The minimum absolute atomic E-state index is 0.0202. The number of hydrogen-bond donors (Lipinski definition) is 2. The molecule has 0 saturated carbocycles. The number of hydrogen-bond acceptors (Lipinski definition) is 6. The molecule has 0 unspecified atom stereocenters. The second-order valence-electron chi connectivity index (χ2n) is 7.01. The maximum absolute atomic E-state index is 13.5. The molecule has 1 aromatic heterocycles. The highest BCUT2D eigenvalue weighted by molar-refractivity contribution is 8.26. The fourth-order valence-corrected chi connectivity index (χ4v) is 5.16. The zero-order chi connectivity index (χ0) is 25.0. The van der Waals surface area contributed by atoms with Gasteiger partial charge in [-0.2, -0.15) is 13.2 Å². The van der Waals surface area contributed by atoms with Crippen LogP contribution in [0.4, 0.5) is 17.6 Å². The van der Waals surface area contributed by atoms with Crippen LogP contribution in [0.1, 0.15) is 23.3 Å². The number of thioether (sulfide) groups is 1. The molecule has 2 amide bonds. The summed E-state index contributed by atoms with van der Waals surface area (Å²) < 4.78 is 52.8. The molecule has 1 saturated heterocycles. The number of thiocarbonyl (C=S) groups is 1. The van der Waals surface area contributed by atoms with E-state index in [1.807, 2.05) is 0 Å². The van der Waals surface area contributed by atoms with Crippen LogP contribution in [0.3, 0.4) is 0 Å². The first-order chi connectivity index (χ1) is 16.0. The molecule has 6 nitrogen and oxygen atoms in total. The second-order valence-corrected chi connectivity index (χ2v) is 9.63. The minimum atomic E-state index is -4.82. The smallest absolute Gasteiger partial charge is 0.419 e. The highest BCUT2D eigenvalue weighted by Crippen LogP contribution is 2.37. The van der Waals surface area contributed by atoms with E-state index in [2.05, 4.69) is 5.32 Å². The SMILES string of the molecule is O=C(O)CCNC(=O)CCN1C(=O)C(=Cc2cc(-c3ccc(F)c(C(F)(F)F)c3)cs2)SC1=S. The van der Waals surface area contributed by atoms with Gasteiger partial charge in [0.2, 0.25) is 5.91 Å². The van der Waals surface area contributed by atoms with Gasteiger partial charge in [-0.25, -0.2) is 4.39 Å². The number of nitrogens with one attached hydrogen (secondary N) is 1. The van der Waals surface area contributed by atoms with Gasteiger partial charge in [0, 0.05) is 24.4 Å². The normalized spacial score (nSPS) is 15.3. The van der Waals surface area contributed by atoms with Gasteiger partial charge in [-0.1, -0.05) is 30.0 Å². The Hall–Kier alpha value is -2.77. The van der Waals surface area contributed by atoms with Gasteiger partial charge >= 0.3 is 12.1 Å². The third kappa shape index (κ3) is 6.42.